The van der Waals surface area contributed by atoms with Gasteiger partial charge in [-0.2, -0.15) is 0 Å². The van der Waals surface area contributed by atoms with E-state index in [0.717, 1.165) is 67.6 Å². The minimum absolute atomic E-state index is 0.812. The Bertz CT molecular complexity index is 1910. The Morgan fingerprint density at radius 2 is 0.867 bits per heavy atom. The second-order valence-electron chi connectivity index (χ2n) is 10.8. The molecule has 2 heterocycles. The molecule has 0 fully saturated rings. The molecule has 0 atom stereocenters. The van der Waals surface area contributed by atoms with E-state index >= 15 is 0 Å². The van der Waals surface area contributed by atoms with Gasteiger partial charge in [0.1, 0.15) is 11.5 Å². The maximum absolute atomic E-state index is 6.47. The Balaban J connectivity index is 1.40. The minimum atomic E-state index is 0.812. The van der Waals surface area contributed by atoms with Gasteiger partial charge in [-0.1, -0.05) is 127 Å². The van der Waals surface area contributed by atoms with Crippen LogP contribution in [0, 0.1) is 0 Å². The number of rotatable bonds is 7. The molecule has 0 amide bonds. The quantitative estimate of drug-likeness (QED) is 0.175. The summed E-state index contributed by atoms with van der Waals surface area (Å²) in [4.78, 5) is 0. The van der Waals surface area contributed by atoms with Gasteiger partial charge in [0, 0.05) is 11.1 Å². The molecule has 0 unspecified atom stereocenters. The molecule has 0 bridgehead atoms. The lowest BCUT2D eigenvalue weighted by molar-refractivity contribution is 0.467. The average Bonchev–Trinajstić information content (AvgIpc) is 3.13. The molecule has 5 aromatic carbocycles. The zero-order valence-corrected chi connectivity index (χ0v) is 24.7. The summed E-state index contributed by atoms with van der Waals surface area (Å²) in [6, 6.07) is 55.7. The van der Waals surface area contributed by atoms with Crippen LogP contribution in [-0.2, 0) is 4.74 Å². The molecular formula is C43H31O2+. The largest absolute Gasteiger partial charge is 0.456 e. The van der Waals surface area contributed by atoms with Crippen LogP contribution in [0.15, 0.2) is 192 Å². The number of allylic oxidation sites excluding steroid dienone is 5. The van der Waals surface area contributed by atoms with E-state index in [1.54, 1.807) is 0 Å². The Labute approximate surface area is 264 Å². The third-order valence-corrected chi connectivity index (χ3v) is 7.62. The summed E-state index contributed by atoms with van der Waals surface area (Å²) in [5.41, 5.74) is 8.38. The van der Waals surface area contributed by atoms with Crippen molar-refractivity contribution >= 4 is 23.2 Å². The van der Waals surface area contributed by atoms with Crippen LogP contribution in [0.2, 0.25) is 0 Å². The highest BCUT2D eigenvalue weighted by molar-refractivity contribution is 5.91. The number of ether oxygens (including phenoxy) is 1. The van der Waals surface area contributed by atoms with E-state index < -0.39 is 0 Å². The molecular weight excluding hydrogens is 548 g/mol. The predicted octanol–water partition coefficient (Wildman–Crippen LogP) is 11.5. The first kappa shape index (κ1) is 27.8. The Kier molecular flexibility index (Phi) is 8.11. The molecule has 0 saturated heterocycles. The van der Waals surface area contributed by atoms with E-state index in [-0.39, 0.29) is 0 Å². The van der Waals surface area contributed by atoms with E-state index in [1.807, 2.05) is 78.9 Å². The van der Waals surface area contributed by atoms with Gasteiger partial charge in [0.15, 0.2) is 0 Å². The highest BCUT2D eigenvalue weighted by Crippen LogP contribution is 2.35. The molecule has 0 saturated carbocycles. The van der Waals surface area contributed by atoms with Crippen LogP contribution < -0.4 is 0 Å². The lowest BCUT2D eigenvalue weighted by Gasteiger charge is -2.19. The fraction of sp³-hybridized carbons (Fsp3) is 0. The van der Waals surface area contributed by atoms with Crippen LogP contribution in [0.3, 0.4) is 0 Å². The van der Waals surface area contributed by atoms with E-state index in [2.05, 4.69) is 109 Å². The zero-order chi connectivity index (χ0) is 30.3. The molecule has 0 radical (unpaired) electrons. The fourth-order valence-corrected chi connectivity index (χ4v) is 5.39. The Hall–Kier alpha value is -5.99. The van der Waals surface area contributed by atoms with Gasteiger partial charge in [0.25, 0.3) is 0 Å². The van der Waals surface area contributed by atoms with Gasteiger partial charge in [0.05, 0.1) is 23.3 Å². The zero-order valence-electron chi connectivity index (χ0n) is 24.7. The van der Waals surface area contributed by atoms with E-state index in [1.165, 1.54) is 0 Å². The first-order valence-electron chi connectivity index (χ1n) is 15.1. The summed E-state index contributed by atoms with van der Waals surface area (Å²) in [5, 5.41) is 0. The number of hydrogen-bond donors (Lipinski definition) is 0. The lowest BCUT2D eigenvalue weighted by Crippen LogP contribution is -2.00. The topological polar surface area (TPSA) is 20.5 Å². The van der Waals surface area contributed by atoms with Crippen molar-refractivity contribution in [2.75, 3.05) is 0 Å². The normalized spacial score (nSPS) is 13.0. The van der Waals surface area contributed by atoms with E-state index in [4.69, 9.17) is 9.15 Å². The van der Waals surface area contributed by atoms with Crippen molar-refractivity contribution in [1.29, 1.82) is 0 Å². The molecule has 6 aromatic rings. The third-order valence-electron chi connectivity index (χ3n) is 7.62. The second-order valence-corrected chi connectivity index (χ2v) is 10.8. The van der Waals surface area contributed by atoms with Gasteiger partial charge in [-0.3, -0.25) is 0 Å². The number of benzene rings is 5. The van der Waals surface area contributed by atoms with Gasteiger partial charge in [-0.05, 0) is 70.8 Å². The standard InChI is InChI=1S/C43H31O2/c1-6-16-34(17-7-1)39(26-32-28-40(35-18-8-2-9-19-35)44-41(29-32)36-20-10-3-11-21-36)27-33-30-42(37-22-12-4-13-23-37)45-43(31-33)38-24-14-5-15-25-38/h1-31H/q+1. The highest BCUT2D eigenvalue weighted by atomic mass is 16.5. The van der Waals surface area contributed by atoms with Crippen molar-refractivity contribution < 1.29 is 9.15 Å². The molecule has 7 rings (SSSR count). The van der Waals surface area contributed by atoms with E-state index in [9.17, 15) is 0 Å². The summed E-state index contributed by atoms with van der Waals surface area (Å²) in [7, 11) is 0. The molecule has 2 heteroatoms. The van der Waals surface area contributed by atoms with Crippen LogP contribution in [0.25, 0.3) is 45.8 Å². The van der Waals surface area contributed by atoms with Crippen molar-refractivity contribution in [3.63, 3.8) is 0 Å². The fourth-order valence-electron chi connectivity index (χ4n) is 5.39. The average molecular weight is 580 g/mol. The minimum Gasteiger partial charge on any atom is -0.456 e. The summed E-state index contributed by atoms with van der Waals surface area (Å²) < 4.78 is 12.9. The summed E-state index contributed by atoms with van der Waals surface area (Å²) in [6.45, 7) is 0. The summed E-state index contributed by atoms with van der Waals surface area (Å²) in [6.07, 6.45) is 8.70. The maximum atomic E-state index is 6.47. The van der Waals surface area contributed by atoms with Gasteiger partial charge < -0.3 is 4.74 Å². The van der Waals surface area contributed by atoms with Gasteiger partial charge in [0.2, 0.25) is 0 Å². The smallest absolute Gasteiger partial charge is 0.361 e. The maximum Gasteiger partial charge on any atom is 0.361 e. The Morgan fingerprint density at radius 1 is 0.467 bits per heavy atom. The highest BCUT2D eigenvalue weighted by Gasteiger charge is 2.20. The second kappa shape index (κ2) is 13.1. The third kappa shape index (κ3) is 6.66. The first-order valence-corrected chi connectivity index (χ1v) is 15.1. The monoisotopic (exact) mass is 579 g/mol. The van der Waals surface area contributed by atoms with Crippen LogP contribution in [0.5, 0.6) is 0 Å². The van der Waals surface area contributed by atoms with Crippen LogP contribution in [0.4, 0.5) is 0 Å². The van der Waals surface area contributed by atoms with E-state index in [0.29, 0.717) is 0 Å². The lowest BCUT2D eigenvalue weighted by atomic mass is 9.97. The molecule has 1 aliphatic rings. The van der Waals surface area contributed by atoms with Crippen molar-refractivity contribution in [3.05, 3.63) is 210 Å². The number of hydrogen-bond acceptors (Lipinski definition) is 1. The molecule has 2 nitrogen and oxygen atoms in total. The predicted molar refractivity (Wildman–Crippen MR) is 186 cm³/mol. The molecule has 0 N–H and O–H groups in total. The van der Waals surface area contributed by atoms with Gasteiger partial charge in [-0.15, -0.1) is 0 Å². The van der Waals surface area contributed by atoms with Crippen LogP contribution in [0.1, 0.15) is 22.3 Å². The molecule has 0 spiro atoms. The molecule has 0 aliphatic carbocycles. The van der Waals surface area contributed by atoms with Crippen molar-refractivity contribution in [3.8, 4) is 22.6 Å². The van der Waals surface area contributed by atoms with Gasteiger partial charge in [-0.25, -0.2) is 4.42 Å². The molecule has 1 aliphatic heterocycles. The van der Waals surface area contributed by atoms with Crippen molar-refractivity contribution in [2.45, 2.75) is 0 Å². The molecule has 45 heavy (non-hydrogen) atoms. The summed E-state index contributed by atoms with van der Waals surface area (Å²) >= 11 is 0. The van der Waals surface area contributed by atoms with Crippen molar-refractivity contribution in [1.82, 2.24) is 0 Å². The molecule has 1 aromatic heterocycles. The van der Waals surface area contributed by atoms with Crippen LogP contribution in [-0.4, -0.2) is 0 Å². The Morgan fingerprint density at radius 3 is 1.31 bits per heavy atom. The molecule has 214 valence electrons. The van der Waals surface area contributed by atoms with Crippen molar-refractivity contribution in [2.24, 2.45) is 0 Å². The van der Waals surface area contributed by atoms with Crippen LogP contribution >= 0.6 is 0 Å². The van der Waals surface area contributed by atoms with Gasteiger partial charge >= 0.3 is 11.5 Å². The first-order chi connectivity index (χ1) is 22.3. The summed E-state index contributed by atoms with van der Waals surface area (Å²) in [5.74, 6) is 3.25. The SMILES string of the molecule is C(=C1C=C(c2ccccc2)OC(c2ccccc2)=C1)/C(=C\c1cc(-c2ccccc2)[o+]c(-c2ccccc2)c1)c1ccccc1.